The Hall–Kier alpha value is -2.39. The van der Waals surface area contributed by atoms with Crippen LogP contribution in [0.1, 0.15) is 28.9 Å². The van der Waals surface area contributed by atoms with Crippen molar-refractivity contribution in [1.29, 1.82) is 0 Å². The van der Waals surface area contributed by atoms with Gasteiger partial charge in [-0.1, -0.05) is 11.8 Å². The first-order valence-corrected chi connectivity index (χ1v) is 6.83. The van der Waals surface area contributed by atoms with Gasteiger partial charge in [-0.25, -0.2) is 4.98 Å². The number of nitrogens with one attached hydrogen (secondary N) is 1. The fraction of sp³-hybridized carbons (Fsp3) is 0.400. The number of aliphatic hydroxyl groups is 1. The highest BCUT2D eigenvalue weighted by Gasteiger charge is 2.22. The molecule has 0 unspecified atom stereocenters. The smallest absolute Gasteiger partial charge is 0.273 e. The highest BCUT2D eigenvalue weighted by Crippen LogP contribution is 2.09. The van der Waals surface area contributed by atoms with E-state index in [9.17, 15) is 9.59 Å². The van der Waals surface area contributed by atoms with Crippen molar-refractivity contribution in [3.05, 3.63) is 29.6 Å². The van der Waals surface area contributed by atoms with Crippen LogP contribution < -0.4 is 5.32 Å². The topological polar surface area (TPSA) is 82.5 Å². The SMILES string of the molecule is O=C1CCN(C(=O)c2ncccc2C#CCCO)CCN1. The molecule has 0 radical (unpaired) electrons. The molecule has 1 aliphatic rings. The summed E-state index contributed by atoms with van der Waals surface area (Å²) < 4.78 is 0. The van der Waals surface area contributed by atoms with Crippen LogP contribution in [-0.4, -0.2) is 53.0 Å². The van der Waals surface area contributed by atoms with E-state index in [1.165, 1.54) is 0 Å². The highest BCUT2D eigenvalue weighted by molar-refractivity contribution is 5.95. The molecular weight excluding hydrogens is 270 g/mol. The molecule has 2 rings (SSSR count). The van der Waals surface area contributed by atoms with Crippen LogP contribution in [0.3, 0.4) is 0 Å². The third-order valence-corrected chi connectivity index (χ3v) is 3.07. The Bertz CT molecular complexity index is 589. The molecule has 1 aliphatic heterocycles. The van der Waals surface area contributed by atoms with Crippen molar-refractivity contribution in [3.63, 3.8) is 0 Å². The van der Waals surface area contributed by atoms with Crippen molar-refractivity contribution in [3.8, 4) is 11.8 Å². The maximum atomic E-state index is 12.5. The van der Waals surface area contributed by atoms with Gasteiger partial charge in [0, 0.05) is 38.7 Å². The van der Waals surface area contributed by atoms with E-state index in [0.717, 1.165) is 0 Å². The molecule has 0 bridgehead atoms. The van der Waals surface area contributed by atoms with Crippen molar-refractivity contribution in [2.24, 2.45) is 0 Å². The maximum absolute atomic E-state index is 12.5. The molecule has 1 aromatic rings. The second-order valence-electron chi connectivity index (χ2n) is 4.57. The Morgan fingerprint density at radius 1 is 1.48 bits per heavy atom. The van der Waals surface area contributed by atoms with E-state index < -0.39 is 0 Å². The Morgan fingerprint density at radius 3 is 3.14 bits per heavy atom. The fourth-order valence-corrected chi connectivity index (χ4v) is 2.01. The predicted octanol–water partition coefficient (Wildman–Crippen LogP) is -0.222. The van der Waals surface area contributed by atoms with Gasteiger partial charge in [-0.3, -0.25) is 9.59 Å². The minimum Gasteiger partial charge on any atom is -0.395 e. The second-order valence-corrected chi connectivity index (χ2v) is 4.57. The number of aliphatic hydroxyl groups excluding tert-OH is 1. The molecule has 0 saturated carbocycles. The van der Waals surface area contributed by atoms with Crippen molar-refractivity contribution in [2.75, 3.05) is 26.2 Å². The first kappa shape index (κ1) is 15.0. The zero-order valence-corrected chi connectivity index (χ0v) is 11.6. The van der Waals surface area contributed by atoms with E-state index in [1.54, 1.807) is 23.2 Å². The lowest BCUT2D eigenvalue weighted by Crippen LogP contribution is -2.35. The number of amides is 2. The van der Waals surface area contributed by atoms with Crippen LogP contribution in [0.25, 0.3) is 0 Å². The average molecular weight is 287 g/mol. The van der Waals surface area contributed by atoms with Crippen molar-refractivity contribution in [2.45, 2.75) is 12.8 Å². The van der Waals surface area contributed by atoms with Gasteiger partial charge in [-0.05, 0) is 12.1 Å². The minimum absolute atomic E-state index is 0.0174. The van der Waals surface area contributed by atoms with Crippen LogP contribution in [0.2, 0.25) is 0 Å². The standard InChI is InChI=1S/C15H17N3O3/c19-11-2-1-4-12-5-3-7-17-14(12)15(21)18-9-6-13(20)16-8-10-18/h3,5,7,19H,2,6,8-11H2,(H,16,20). The highest BCUT2D eigenvalue weighted by atomic mass is 16.2. The van der Waals surface area contributed by atoms with E-state index in [1.807, 2.05) is 0 Å². The first-order valence-electron chi connectivity index (χ1n) is 6.83. The Balaban J connectivity index is 2.19. The number of carbonyl (C=O) groups is 2. The number of nitrogens with zero attached hydrogens (tertiary/aromatic N) is 2. The normalized spacial score (nSPS) is 14.7. The number of rotatable bonds is 2. The molecule has 1 fully saturated rings. The van der Waals surface area contributed by atoms with Gasteiger partial charge < -0.3 is 15.3 Å². The monoisotopic (exact) mass is 287 g/mol. The number of hydrogen-bond donors (Lipinski definition) is 2. The summed E-state index contributed by atoms with van der Waals surface area (Å²) in [5.74, 6) is 5.38. The molecule has 1 saturated heterocycles. The van der Waals surface area contributed by atoms with Gasteiger partial charge in [0.2, 0.25) is 5.91 Å². The molecule has 110 valence electrons. The summed E-state index contributed by atoms with van der Waals surface area (Å²) in [7, 11) is 0. The average Bonchev–Trinajstić information content (AvgIpc) is 2.72. The molecular formula is C15H17N3O3. The van der Waals surface area contributed by atoms with Crippen LogP contribution in [0.4, 0.5) is 0 Å². The van der Waals surface area contributed by atoms with Gasteiger partial charge >= 0.3 is 0 Å². The molecule has 2 amide bonds. The van der Waals surface area contributed by atoms with Crippen molar-refractivity contribution in [1.82, 2.24) is 15.2 Å². The molecule has 0 atom stereocenters. The summed E-state index contributed by atoms with van der Waals surface area (Å²) in [4.78, 5) is 29.6. The van der Waals surface area contributed by atoms with Crippen LogP contribution >= 0.6 is 0 Å². The summed E-state index contributed by atoms with van der Waals surface area (Å²) in [6, 6.07) is 3.44. The number of hydrogen-bond acceptors (Lipinski definition) is 4. The molecule has 0 aromatic carbocycles. The lowest BCUT2D eigenvalue weighted by Gasteiger charge is -2.19. The molecule has 6 heteroatoms. The molecule has 0 aliphatic carbocycles. The summed E-state index contributed by atoms with van der Waals surface area (Å²) >= 11 is 0. The molecule has 0 spiro atoms. The summed E-state index contributed by atoms with van der Waals surface area (Å²) in [6.07, 6.45) is 2.19. The quantitative estimate of drug-likeness (QED) is 0.737. The van der Waals surface area contributed by atoms with Crippen molar-refractivity contribution >= 4 is 11.8 Å². The lowest BCUT2D eigenvalue weighted by molar-refractivity contribution is -0.120. The Morgan fingerprint density at radius 2 is 2.33 bits per heavy atom. The van der Waals surface area contributed by atoms with E-state index >= 15 is 0 Å². The van der Waals surface area contributed by atoms with Crippen molar-refractivity contribution < 1.29 is 14.7 Å². The third-order valence-electron chi connectivity index (χ3n) is 3.07. The summed E-state index contributed by atoms with van der Waals surface area (Å²) in [5, 5.41) is 11.5. The number of carbonyl (C=O) groups excluding carboxylic acids is 2. The van der Waals surface area contributed by atoms with Crippen LogP contribution in [0.5, 0.6) is 0 Å². The molecule has 2 N–H and O–H groups in total. The molecule has 21 heavy (non-hydrogen) atoms. The zero-order chi connectivity index (χ0) is 15.1. The lowest BCUT2D eigenvalue weighted by atomic mass is 10.1. The van der Waals surface area contributed by atoms with Gasteiger partial charge in [0.05, 0.1) is 12.2 Å². The van der Waals surface area contributed by atoms with Gasteiger partial charge in [0.1, 0.15) is 5.69 Å². The van der Waals surface area contributed by atoms with Crippen LogP contribution in [0, 0.1) is 11.8 Å². The van der Waals surface area contributed by atoms with E-state index in [2.05, 4.69) is 22.1 Å². The van der Waals surface area contributed by atoms with Gasteiger partial charge in [0.15, 0.2) is 0 Å². The fourth-order valence-electron chi connectivity index (χ4n) is 2.01. The third kappa shape index (κ3) is 4.04. The minimum atomic E-state index is -0.222. The van der Waals surface area contributed by atoms with Crippen LogP contribution in [0.15, 0.2) is 18.3 Å². The summed E-state index contributed by atoms with van der Waals surface area (Å²) in [5.41, 5.74) is 0.830. The van der Waals surface area contributed by atoms with E-state index in [0.29, 0.717) is 38.0 Å². The molecule has 2 heterocycles. The van der Waals surface area contributed by atoms with Gasteiger partial charge in [0.25, 0.3) is 5.91 Å². The summed E-state index contributed by atoms with van der Waals surface area (Å²) in [6.45, 7) is 1.27. The van der Waals surface area contributed by atoms with E-state index in [-0.39, 0.29) is 24.1 Å². The Labute approximate surface area is 123 Å². The molecule has 6 nitrogen and oxygen atoms in total. The number of pyridine rings is 1. The van der Waals surface area contributed by atoms with Crippen LogP contribution in [-0.2, 0) is 4.79 Å². The predicted molar refractivity (Wildman–Crippen MR) is 76.3 cm³/mol. The molecule has 1 aromatic heterocycles. The maximum Gasteiger partial charge on any atom is 0.273 e. The first-order chi connectivity index (χ1) is 10.2. The van der Waals surface area contributed by atoms with E-state index in [4.69, 9.17) is 5.11 Å². The zero-order valence-electron chi connectivity index (χ0n) is 11.6. The second kappa shape index (κ2) is 7.41. The number of aromatic nitrogens is 1. The Kier molecular flexibility index (Phi) is 5.29. The largest absolute Gasteiger partial charge is 0.395 e. The van der Waals surface area contributed by atoms with Gasteiger partial charge in [-0.2, -0.15) is 0 Å². The van der Waals surface area contributed by atoms with Gasteiger partial charge in [-0.15, -0.1) is 0 Å².